The van der Waals surface area contributed by atoms with Crippen molar-refractivity contribution in [2.24, 2.45) is 5.41 Å². The lowest BCUT2D eigenvalue weighted by Gasteiger charge is -2.49. The maximum Gasteiger partial charge on any atom is 0.231 e. The fourth-order valence-corrected chi connectivity index (χ4v) is 5.31. The van der Waals surface area contributed by atoms with Crippen LogP contribution in [0, 0.1) is 5.41 Å². The lowest BCUT2D eigenvalue weighted by molar-refractivity contribution is 0.0934. The summed E-state index contributed by atoms with van der Waals surface area (Å²) in [6.45, 7) is 5.60. The number of ether oxygens (including phenoxy) is 1. The van der Waals surface area contributed by atoms with Gasteiger partial charge in [-0.1, -0.05) is 27.2 Å². The molecule has 2 aliphatic carbocycles. The number of carbonyl (C=O) groups excluding carboxylic acids is 1. The van der Waals surface area contributed by atoms with Gasteiger partial charge in [-0.05, 0) is 23.8 Å². The highest BCUT2D eigenvalue weighted by Gasteiger charge is 2.53. The monoisotopic (exact) mass is 360 g/mol. The van der Waals surface area contributed by atoms with E-state index in [0.717, 1.165) is 12.8 Å². The molecule has 1 aliphatic heterocycles. The summed E-state index contributed by atoms with van der Waals surface area (Å²) in [6, 6.07) is 0. The van der Waals surface area contributed by atoms with Gasteiger partial charge in [-0.25, -0.2) is 0 Å². The highest BCUT2D eigenvalue weighted by atomic mass is 16.5. The number of aliphatic hydroxyl groups excluding tert-OH is 2. The molecule has 140 valence electrons. The molecule has 1 heterocycles. The predicted octanol–water partition coefficient (Wildman–Crippen LogP) is 2.87. The van der Waals surface area contributed by atoms with E-state index < -0.39 is 22.7 Å². The number of hydrogen-bond donors (Lipinski definition) is 4. The molecule has 2 unspecified atom stereocenters. The summed E-state index contributed by atoms with van der Waals surface area (Å²) in [4.78, 5) is 13.0. The standard InChI is InChI=1S/C20H24O6/c1-19(2)5-4-6-20(3)12-11(14(23)16(25)18(19)20)13(22)10-7-9(8-21)26-17(10)15(12)24/h9,21-22,24-25H,4-8H2,1-3H3. The second-order valence-electron chi connectivity index (χ2n) is 8.50. The number of phenols is 2. The zero-order chi connectivity index (χ0) is 19.0. The third-order valence-electron chi connectivity index (χ3n) is 6.36. The average molecular weight is 360 g/mol. The molecule has 26 heavy (non-hydrogen) atoms. The molecule has 0 saturated heterocycles. The third kappa shape index (κ3) is 1.93. The molecule has 0 bridgehead atoms. The van der Waals surface area contributed by atoms with E-state index in [4.69, 9.17) is 4.74 Å². The zero-order valence-corrected chi connectivity index (χ0v) is 15.2. The molecule has 6 heteroatoms. The summed E-state index contributed by atoms with van der Waals surface area (Å²) in [5.74, 6) is -1.27. The van der Waals surface area contributed by atoms with Gasteiger partial charge in [0, 0.05) is 23.0 Å². The minimum absolute atomic E-state index is 0.0371. The van der Waals surface area contributed by atoms with Crippen LogP contribution in [0.4, 0.5) is 0 Å². The molecule has 6 nitrogen and oxygen atoms in total. The number of aliphatic hydroxyl groups is 2. The average Bonchev–Trinajstić information content (AvgIpc) is 3.00. The molecule has 4 rings (SSSR count). The van der Waals surface area contributed by atoms with Gasteiger partial charge >= 0.3 is 0 Å². The van der Waals surface area contributed by atoms with E-state index in [9.17, 15) is 25.2 Å². The first-order valence-electron chi connectivity index (χ1n) is 9.01. The molecule has 0 amide bonds. The minimum Gasteiger partial charge on any atom is -0.507 e. The second-order valence-corrected chi connectivity index (χ2v) is 8.50. The lowest BCUT2D eigenvalue weighted by atomic mass is 9.54. The van der Waals surface area contributed by atoms with Crippen molar-refractivity contribution in [2.75, 3.05) is 6.61 Å². The van der Waals surface area contributed by atoms with Gasteiger partial charge < -0.3 is 25.2 Å². The van der Waals surface area contributed by atoms with E-state index in [0.29, 0.717) is 23.1 Å². The summed E-state index contributed by atoms with van der Waals surface area (Å²) < 4.78 is 5.62. The molecule has 3 aliphatic rings. The van der Waals surface area contributed by atoms with Crippen LogP contribution in [0.5, 0.6) is 17.2 Å². The Bertz CT molecular complexity index is 866. The molecule has 0 radical (unpaired) electrons. The quantitative estimate of drug-likeness (QED) is 0.574. The molecule has 0 spiro atoms. The van der Waals surface area contributed by atoms with Crippen LogP contribution in [0.15, 0.2) is 11.3 Å². The smallest absolute Gasteiger partial charge is 0.231 e. The van der Waals surface area contributed by atoms with Gasteiger partial charge in [0.25, 0.3) is 0 Å². The Balaban J connectivity index is 2.05. The number of rotatable bonds is 1. The number of aromatic hydroxyl groups is 2. The molecular weight excluding hydrogens is 336 g/mol. The summed E-state index contributed by atoms with van der Waals surface area (Å²) in [7, 11) is 0. The number of benzene rings is 1. The van der Waals surface area contributed by atoms with Crippen molar-refractivity contribution < 1.29 is 30.0 Å². The van der Waals surface area contributed by atoms with E-state index in [-0.39, 0.29) is 41.6 Å². The summed E-state index contributed by atoms with van der Waals surface area (Å²) in [5.41, 5.74) is 0.0401. The van der Waals surface area contributed by atoms with Gasteiger partial charge in [-0.2, -0.15) is 0 Å². The third-order valence-corrected chi connectivity index (χ3v) is 6.36. The van der Waals surface area contributed by atoms with Gasteiger partial charge in [0.15, 0.2) is 17.3 Å². The maximum atomic E-state index is 13.0. The second kappa shape index (κ2) is 5.16. The fourth-order valence-electron chi connectivity index (χ4n) is 5.31. The van der Waals surface area contributed by atoms with Crippen LogP contribution >= 0.6 is 0 Å². The summed E-state index contributed by atoms with van der Waals surface area (Å²) in [6.07, 6.45) is 1.96. The predicted molar refractivity (Wildman–Crippen MR) is 93.9 cm³/mol. The number of carbonyl (C=O) groups is 1. The van der Waals surface area contributed by atoms with Gasteiger partial charge in [-0.3, -0.25) is 4.79 Å². The van der Waals surface area contributed by atoms with Gasteiger partial charge in [0.2, 0.25) is 5.78 Å². The first kappa shape index (κ1) is 17.2. The molecule has 1 aromatic carbocycles. The summed E-state index contributed by atoms with van der Waals surface area (Å²) in [5, 5.41) is 41.9. The van der Waals surface area contributed by atoms with Crippen LogP contribution in [-0.4, -0.2) is 38.9 Å². The molecule has 4 N–H and O–H groups in total. The van der Waals surface area contributed by atoms with Crippen LogP contribution in [0.1, 0.15) is 61.5 Å². The normalized spacial score (nSPS) is 29.1. The Hall–Kier alpha value is -2.21. The van der Waals surface area contributed by atoms with Crippen molar-refractivity contribution in [1.82, 2.24) is 0 Å². The number of hydrogen-bond acceptors (Lipinski definition) is 6. The van der Waals surface area contributed by atoms with Gasteiger partial charge in [0.05, 0.1) is 12.2 Å². The maximum absolute atomic E-state index is 13.0. The van der Waals surface area contributed by atoms with Crippen LogP contribution < -0.4 is 4.74 Å². The first-order valence-corrected chi connectivity index (χ1v) is 9.01. The topological polar surface area (TPSA) is 107 Å². The van der Waals surface area contributed by atoms with Crippen molar-refractivity contribution in [1.29, 1.82) is 0 Å². The largest absolute Gasteiger partial charge is 0.507 e. The molecule has 1 saturated carbocycles. The van der Waals surface area contributed by atoms with Crippen molar-refractivity contribution in [3.05, 3.63) is 28.0 Å². The van der Waals surface area contributed by atoms with E-state index in [1.807, 2.05) is 20.8 Å². The van der Waals surface area contributed by atoms with Crippen molar-refractivity contribution in [3.8, 4) is 17.2 Å². The van der Waals surface area contributed by atoms with E-state index in [1.165, 1.54) is 0 Å². The molecule has 1 fully saturated rings. The number of fused-ring (bicyclic) bond motifs is 4. The van der Waals surface area contributed by atoms with Crippen LogP contribution in [0.25, 0.3) is 0 Å². The summed E-state index contributed by atoms with van der Waals surface area (Å²) >= 11 is 0. The Morgan fingerprint density at radius 3 is 2.46 bits per heavy atom. The van der Waals surface area contributed by atoms with Crippen LogP contribution in [-0.2, 0) is 11.8 Å². The highest BCUT2D eigenvalue weighted by molar-refractivity contribution is 6.13. The number of allylic oxidation sites excluding steroid dienone is 2. The molecule has 0 aromatic heterocycles. The number of phenolic OH excluding ortho intramolecular Hbond substituents is 2. The van der Waals surface area contributed by atoms with E-state index in [2.05, 4.69) is 0 Å². The molecule has 1 aromatic rings. The SMILES string of the molecule is CC1(C)CCCC2(C)C1=C(O)C(=O)c1c(O)c3c(c(O)c12)OC(CO)C3. The Morgan fingerprint density at radius 2 is 1.81 bits per heavy atom. The molecule has 2 atom stereocenters. The first-order chi connectivity index (χ1) is 12.1. The number of ketones is 1. The Morgan fingerprint density at radius 1 is 1.12 bits per heavy atom. The van der Waals surface area contributed by atoms with Crippen molar-refractivity contribution in [2.45, 2.75) is 58.0 Å². The van der Waals surface area contributed by atoms with Crippen LogP contribution in [0.3, 0.4) is 0 Å². The minimum atomic E-state index is -0.771. The lowest BCUT2D eigenvalue weighted by Crippen LogP contribution is -2.43. The van der Waals surface area contributed by atoms with Crippen molar-refractivity contribution in [3.63, 3.8) is 0 Å². The Kier molecular flexibility index (Phi) is 3.42. The van der Waals surface area contributed by atoms with Gasteiger partial charge in [0.1, 0.15) is 11.9 Å². The zero-order valence-electron chi connectivity index (χ0n) is 15.2. The van der Waals surface area contributed by atoms with Crippen molar-refractivity contribution >= 4 is 5.78 Å². The Labute approximate surface area is 151 Å². The number of Topliss-reactive ketones (excluding diaryl/α,β-unsaturated/α-hetero) is 1. The fraction of sp³-hybridized carbons (Fsp3) is 0.550. The van der Waals surface area contributed by atoms with Crippen LogP contribution in [0.2, 0.25) is 0 Å². The molecular formula is C20H24O6. The highest BCUT2D eigenvalue weighted by Crippen LogP contribution is 2.61. The van der Waals surface area contributed by atoms with Gasteiger partial charge in [-0.15, -0.1) is 0 Å². The van der Waals surface area contributed by atoms with E-state index >= 15 is 0 Å². The van der Waals surface area contributed by atoms with E-state index in [1.54, 1.807) is 0 Å².